The van der Waals surface area contributed by atoms with E-state index in [0.29, 0.717) is 12.0 Å². The van der Waals surface area contributed by atoms with Gasteiger partial charge in [0, 0.05) is 6.04 Å². The fourth-order valence-corrected chi connectivity index (χ4v) is 2.85. The van der Waals surface area contributed by atoms with E-state index < -0.39 is 5.97 Å². The molecule has 0 amide bonds. The van der Waals surface area contributed by atoms with Crippen LogP contribution in [0.2, 0.25) is 0 Å². The largest absolute Gasteiger partial charge is 0.481 e. The van der Waals surface area contributed by atoms with Crippen molar-refractivity contribution in [2.75, 3.05) is 6.54 Å². The van der Waals surface area contributed by atoms with Gasteiger partial charge in [0.1, 0.15) is 0 Å². The molecule has 3 atom stereocenters. The molecule has 2 aliphatic rings. The maximum atomic E-state index is 11.0. The van der Waals surface area contributed by atoms with Crippen molar-refractivity contribution in [3.8, 4) is 0 Å². The van der Waals surface area contributed by atoms with Gasteiger partial charge in [0.25, 0.3) is 0 Å². The lowest BCUT2D eigenvalue weighted by Gasteiger charge is -2.40. The molecule has 1 saturated heterocycles. The highest BCUT2D eigenvalue weighted by atomic mass is 16.4. The van der Waals surface area contributed by atoms with Crippen LogP contribution < -0.4 is 5.32 Å². The summed E-state index contributed by atoms with van der Waals surface area (Å²) in [5.74, 6) is -0.259. The SMILES string of the molecule is O=C(O)C1CCCC2NCCCC21. The Bertz CT molecular complexity index is 203. The first-order valence-corrected chi connectivity index (χ1v) is 5.25. The zero-order valence-corrected chi connectivity index (χ0v) is 7.83. The van der Waals surface area contributed by atoms with Crippen molar-refractivity contribution < 1.29 is 9.90 Å². The highest BCUT2D eigenvalue weighted by Gasteiger charge is 2.38. The van der Waals surface area contributed by atoms with Crippen LogP contribution in [-0.4, -0.2) is 23.7 Å². The van der Waals surface area contributed by atoms with Gasteiger partial charge in [0.2, 0.25) is 0 Å². The Morgan fingerprint density at radius 2 is 2.08 bits per heavy atom. The molecule has 3 nitrogen and oxygen atoms in total. The molecule has 13 heavy (non-hydrogen) atoms. The number of rotatable bonds is 1. The fourth-order valence-electron chi connectivity index (χ4n) is 2.85. The summed E-state index contributed by atoms with van der Waals surface area (Å²) in [5.41, 5.74) is 0. The van der Waals surface area contributed by atoms with E-state index in [1.807, 2.05) is 0 Å². The average molecular weight is 183 g/mol. The van der Waals surface area contributed by atoms with Crippen LogP contribution in [0.4, 0.5) is 0 Å². The summed E-state index contributed by atoms with van der Waals surface area (Å²) in [5, 5.41) is 12.5. The second-order valence-corrected chi connectivity index (χ2v) is 4.24. The number of hydrogen-bond donors (Lipinski definition) is 2. The minimum Gasteiger partial charge on any atom is -0.481 e. The standard InChI is InChI=1S/C10H17NO2/c12-10(13)8-3-1-5-9-7(8)4-2-6-11-9/h7-9,11H,1-6H2,(H,12,13). The van der Waals surface area contributed by atoms with Crippen molar-refractivity contribution in [2.45, 2.75) is 38.1 Å². The van der Waals surface area contributed by atoms with Gasteiger partial charge in [0.15, 0.2) is 0 Å². The van der Waals surface area contributed by atoms with Crippen LogP contribution >= 0.6 is 0 Å². The zero-order valence-electron chi connectivity index (χ0n) is 7.83. The molecule has 2 fully saturated rings. The van der Waals surface area contributed by atoms with Crippen LogP contribution in [0.15, 0.2) is 0 Å². The van der Waals surface area contributed by atoms with Crippen molar-refractivity contribution in [3.63, 3.8) is 0 Å². The Balaban J connectivity index is 2.06. The number of piperidine rings is 1. The van der Waals surface area contributed by atoms with Gasteiger partial charge in [0.05, 0.1) is 5.92 Å². The molecule has 0 spiro atoms. The topological polar surface area (TPSA) is 49.3 Å². The van der Waals surface area contributed by atoms with Crippen molar-refractivity contribution in [3.05, 3.63) is 0 Å². The monoisotopic (exact) mass is 183 g/mol. The van der Waals surface area contributed by atoms with Gasteiger partial charge in [-0.2, -0.15) is 0 Å². The van der Waals surface area contributed by atoms with E-state index in [1.54, 1.807) is 0 Å². The van der Waals surface area contributed by atoms with Crippen LogP contribution in [0, 0.1) is 11.8 Å². The molecule has 3 unspecified atom stereocenters. The maximum absolute atomic E-state index is 11.0. The summed E-state index contributed by atoms with van der Waals surface area (Å²) < 4.78 is 0. The minimum absolute atomic E-state index is 0.0773. The number of hydrogen-bond acceptors (Lipinski definition) is 2. The minimum atomic E-state index is -0.585. The smallest absolute Gasteiger partial charge is 0.306 e. The van der Waals surface area contributed by atoms with E-state index in [1.165, 1.54) is 6.42 Å². The average Bonchev–Trinajstić information content (AvgIpc) is 2.17. The van der Waals surface area contributed by atoms with Crippen LogP contribution in [0.3, 0.4) is 0 Å². The quantitative estimate of drug-likeness (QED) is 0.643. The molecule has 2 rings (SSSR count). The summed E-state index contributed by atoms with van der Waals surface area (Å²) in [7, 11) is 0. The normalized spacial score (nSPS) is 39.5. The zero-order chi connectivity index (χ0) is 9.26. The van der Waals surface area contributed by atoms with Gasteiger partial charge in [-0.25, -0.2) is 0 Å². The Kier molecular flexibility index (Phi) is 2.54. The molecular formula is C10H17NO2. The predicted octanol–water partition coefficient (Wildman–Crippen LogP) is 1.24. The molecule has 3 heteroatoms. The lowest BCUT2D eigenvalue weighted by atomic mass is 9.72. The number of fused-ring (bicyclic) bond motifs is 1. The third kappa shape index (κ3) is 1.70. The number of aliphatic carboxylic acids is 1. The molecule has 1 heterocycles. The Labute approximate surface area is 78.5 Å². The number of carbonyl (C=O) groups is 1. The lowest BCUT2D eigenvalue weighted by Crippen LogP contribution is -2.48. The Hall–Kier alpha value is -0.570. The van der Waals surface area contributed by atoms with Gasteiger partial charge in [-0.05, 0) is 38.1 Å². The maximum Gasteiger partial charge on any atom is 0.306 e. The van der Waals surface area contributed by atoms with E-state index >= 15 is 0 Å². The van der Waals surface area contributed by atoms with Crippen molar-refractivity contribution in [1.82, 2.24) is 5.32 Å². The first kappa shape index (κ1) is 9.00. The Morgan fingerprint density at radius 3 is 2.85 bits per heavy atom. The molecular weight excluding hydrogens is 166 g/mol. The summed E-state index contributed by atoms with van der Waals surface area (Å²) in [6.07, 6.45) is 5.39. The molecule has 74 valence electrons. The van der Waals surface area contributed by atoms with E-state index in [9.17, 15) is 4.79 Å². The highest BCUT2D eigenvalue weighted by Crippen LogP contribution is 2.35. The summed E-state index contributed by atoms with van der Waals surface area (Å²) >= 11 is 0. The van der Waals surface area contributed by atoms with E-state index in [4.69, 9.17) is 5.11 Å². The third-order valence-electron chi connectivity index (χ3n) is 3.50. The third-order valence-corrected chi connectivity index (χ3v) is 3.50. The molecule has 2 N–H and O–H groups in total. The second-order valence-electron chi connectivity index (χ2n) is 4.24. The molecule has 0 bridgehead atoms. The molecule has 1 saturated carbocycles. The molecule has 0 aromatic rings. The van der Waals surface area contributed by atoms with Crippen molar-refractivity contribution in [1.29, 1.82) is 0 Å². The number of carboxylic acid groups (broad SMARTS) is 1. The highest BCUT2D eigenvalue weighted by molar-refractivity contribution is 5.70. The van der Waals surface area contributed by atoms with Gasteiger partial charge in [-0.3, -0.25) is 4.79 Å². The molecule has 0 aromatic carbocycles. The predicted molar refractivity (Wildman–Crippen MR) is 49.5 cm³/mol. The van der Waals surface area contributed by atoms with Crippen LogP contribution in [0.25, 0.3) is 0 Å². The second kappa shape index (κ2) is 3.66. The summed E-state index contributed by atoms with van der Waals surface area (Å²) in [6.45, 7) is 1.08. The van der Waals surface area contributed by atoms with E-state index in [0.717, 1.165) is 32.2 Å². The van der Waals surface area contributed by atoms with Gasteiger partial charge >= 0.3 is 5.97 Å². The number of carboxylic acids is 1. The van der Waals surface area contributed by atoms with E-state index in [2.05, 4.69) is 5.32 Å². The first-order chi connectivity index (χ1) is 6.29. The van der Waals surface area contributed by atoms with Gasteiger partial charge in [-0.15, -0.1) is 0 Å². The van der Waals surface area contributed by atoms with Crippen LogP contribution in [-0.2, 0) is 4.79 Å². The lowest BCUT2D eigenvalue weighted by molar-refractivity contribution is -0.146. The first-order valence-electron chi connectivity index (χ1n) is 5.25. The van der Waals surface area contributed by atoms with Crippen LogP contribution in [0.1, 0.15) is 32.1 Å². The van der Waals surface area contributed by atoms with Crippen molar-refractivity contribution >= 4 is 5.97 Å². The van der Waals surface area contributed by atoms with Gasteiger partial charge < -0.3 is 10.4 Å². The number of nitrogens with one attached hydrogen (secondary N) is 1. The molecule has 0 aromatic heterocycles. The molecule has 1 aliphatic heterocycles. The van der Waals surface area contributed by atoms with Crippen molar-refractivity contribution in [2.24, 2.45) is 11.8 Å². The molecule has 1 aliphatic carbocycles. The van der Waals surface area contributed by atoms with E-state index in [-0.39, 0.29) is 5.92 Å². The Morgan fingerprint density at radius 1 is 1.23 bits per heavy atom. The fraction of sp³-hybridized carbons (Fsp3) is 0.900. The summed E-state index contributed by atoms with van der Waals surface area (Å²) in [6, 6.07) is 0.489. The molecule has 0 radical (unpaired) electrons. The van der Waals surface area contributed by atoms with Gasteiger partial charge in [-0.1, -0.05) is 6.42 Å². The summed E-state index contributed by atoms with van der Waals surface area (Å²) in [4.78, 5) is 11.0. The van der Waals surface area contributed by atoms with Crippen LogP contribution in [0.5, 0.6) is 0 Å².